The molecule has 1 atom stereocenters. The van der Waals surface area contributed by atoms with E-state index in [9.17, 15) is 0 Å². The van der Waals surface area contributed by atoms with Gasteiger partial charge in [0.15, 0.2) is 0 Å². The first-order chi connectivity index (χ1) is 2.94. The lowest BCUT2D eigenvalue weighted by molar-refractivity contribution is 0.838. The normalized spacial score (nSPS) is 10.0. The van der Waals surface area contributed by atoms with Crippen LogP contribution in [0.1, 0.15) is 20.8 Å². The SMILES string of the molecule is Br.C=C(C)C(C)(C)P. The first-order valence-corrected chi connectivity index (χ1v) is 2.97. The Labute approximate surface area is 64.7 Å². The fourth-order valence-electron chi connectivity index (χ4n) is 0. The van der Waals surface area contributed by atoms with Crippen LogP contribution in [0.3, 0.4) is 0 Å². The zero-order chi connectivity index (χ0) is 6.08. The van der Waals surface area contributed by atoms with Gasteiger partial charge in [-0.3, -0.25) is 0 Å². The van der Waals surface area contributed by atoms with Crippen LogP contribution in [0.4, 0.5) is 0 Å². The van der Waals surface area contributed by atoms with E-state index in [-0.39, 0.29) is 22.1 Å². The van der Waals surface area contributed by atoms with Gasteiger partial charge in [0.25, 0.3) is 0 Å². The zero-order valence-electron chi connectivity index (χ0n) is 5.69. The highest BCUT2D eigenvalue weighted by Crippen LogP contribution is 2.23. The molecule has 50 valence electrons. The summed E-state index contributed by atoms with van der Waals surface area (Å²) in [4.78, 5) is 0. The van der Waals surface area contributed by atoms with Gasteiger partial charge in [-0.05, 0) is 12.1 Å². The predicted octanol–water partition coefficient (Wildman–Crippen LogP) is 2.79. The smallest absolute Gasteiger partial charge is 0.000507 e. The highest BCUT2D eigenvalue weighted by molar-refractivity contribution is 8.93. The first kappa shape index (κ1) is 11.4. The van der Waals surface area contributed by atoms with Crippen molar-refractivity contribution in [1.29, 1.82) is 0 Å². The van der Waals surface area contributed by atoms with Crippen LogP contribution in [-0.2, 0) is 0 Å². The summed E-state index contributed by atoms with van der Waals surface area (Å²) in [5.74, 6) is 0. The molecule has 0 rings (SSSR count). The first-order valence-electron chi connectivity index (χ1n) is 2.39. The molecule has 0 aromatic rings. The van der Waals surface area contributed by atoms with Crippen molar-refractivity contribution in [2.45, 2.75) is 25.9 Å². The molecule has 0 radical (unpaired) electrons. The summed E-state index contributed by atoms with van der Waals surface area (Å²) in [6, 6.07) is 0. The average Bonchev–Trinajstić information content (AvgIpc) is 1.31. The van der Waals surface area contributed by atoms with Gasteiger partial charge in [-0.1, -0.05) is 26.0 Å². The van der Waals surface area contributed by atoms with Crippen LogP contribution >= 0.6 is 26.2 Å². The lowest BCUT2D eigenvalue weighted by Gasteiger charge is -2.16. The maximum Gasteiger partial charge on any atom is -0.000507 e. The minimum Gasteiger partial charge on any atom is -0.127 e. The minimum absolute atomic E-state index is 0. The summed E-state index contributed by atoms with van der Waals surface area (Å²) in [5, 5.41) is 0.222. The summed E-state index contributed by atoms with van der Waals surface area (Å²) in [7, 11) is 2.73. The number of halogens is 1. The molecule has 0 saturated carbocycles. The Hall–Kier alpha value is 0.650. The maximum atomic E-state index is 3.81. The summed E-state index contributed by atoms with van der Waals surface area (Å²) in [5.41, 5.74) is 1.21. The van der Waals surface area contributed by atoms with Crippen molar-refractivity contribution >= 4 is 26.2 Å². The third kappa shape index (κ3) is 4.80. The van der Waals surface area contributed by atoms with Crippen LogP contribution in [0, 0.1) is 0 Å². The van der Waals surface area contributed by atoms with Crippen LogP contribution in [0.25, 0.3) is 0 Å². The largest absolute Gasteiger partial charge is 0.127 e. The highest BCUT2D eigenvalue weighted by atomic mass is 79.9. The van der Waals surface area contributed by atoms with E-state index in [1.165, 1.54) is 5.57 Å². The maximum absolute atomic E-state index is 3.81. The van der Waals surface area contributed by atoms with Crippen molar-refractivity contribution in [2.75, 3.05) is 0 Å². The quantitative estimate of drug-likeness (QED) is 0.447. The van der Waals surface area contributed by atoms with Crippen molar-refractivity contribution in [2.24, 2.45) is 0 Å². The van der Waals surface area contributed by atoms with Crippen molar-refractivity contribution in [3.05, 3.63) is 12.2 Å². The molecule has 0 N–H and O–H groups in total. The van der Waals surface area contributed by atoms with Crippen LogP contribution < -0.4 is 0 Å². The van der Waals surface area contributed by atoms with E-state index < -0.39 is 0 Å². The van der Waals surface area contributed by atoms with Crippen LogP contribution in [0.5, 0.6) is 0 Å². The second kappa shape index (κ2) is 3.63. The van der Waals surface area contributed by atoms with Crippen molar-refractivity contribution in [3.8, 4) is 0 Å². The molecule has 0 nitrogen and oxygen atoms in total. The van der Waals surface area contributed by atoms with Gasteiger partial charge in [-0.2, -0.15) is 0 Å². The Morgan fingerprint density at radius 3 is 1.62 bits per heavy atom. The molecule has 8 heavy (non-hydrogen) atoms. The second-order valence-corrected chi connectivity index (χ2v) is 3.95. The fourth-order valence-corrected chi connectivity index (χ4v) is 0. The number of allylic oxidation sites excluding steroid dienone is 1. The van der Waals surface area contributed by atoms with Crippen LogP contribution in [0.2, 0.25) is 0 Å². The predicted molar refractivity (Wildman–Crippen MR) is 48.9 cm³/mol. The summed E-state index contributed by atoms with van der Waals surface area (Å²) in [6.07, 6.45) is 0. The Morgan fingerprint density at radius 1 is 1.50 bits per heavy atom. The molecule has 0 amide bonds. The third-order valence-electron chi connectivity index (χ3n) is 1.10. The molecule has 0 saturated heterocycles. The molecule has 0 bridgehead atoms. The molecule has 0 aromatic heterocycles. The van der Waals surface area contributed by atoms with Crippen molar-refractivity contribution in [3.63, 3.8) is 0 Å². The molecule has 0 fully saturated rings. The average molecular weight is 197 g/mol. The standard InChI is InChI=1S/C6H13P.BrH/c1-5(2)6(3,4)7;/h1,7H2,2-4H3;1H. The lowest BCUT2D eigenvalue weighted by atomic mass is 10.1. The fraction of sp³-hybridized carbons (Fsp3) is 0.667. The molecule has 0 aliphatic heterocycles. The molecule has 0 aliphatic carbocycles. The Balaban J connectivity index is 0. The van der Waals surface area contributed by atoms with Gasteiger partial charge in [0, 0.05) is 0 Å². The van der Waals surface area contributed by atoms with E-state index in [4.69, 9.17) is 0 Å². The van der Waals surface area contributed by atoms with Gasteiger partial charge in [-0.15, -0.1) is 26.2 Å². The summed E-state index contributed by atoms with van der Waals surface area (Å²) >= 11 is 0. The molecule has 1 unspecified atom stereocenters. The Kier molecular flexibility index (Phi) is 5.20. The minimum atomic E-state index is 0. The second-order valence-electron chi connectivity index (χ2n) is 2.50. The Morgan fingerprint density at radius 2 is 1.62 bits per heavy atom. The molecule has 0 spiro atoms. The molecule has 2 heteroatoms. The lowest BCUT2D eigenvalue weighted by Crippen LogP contribution is -2.08. The van der Waals surface area contributed by atoms with Gasteiger partial charge in [0.2, 0.25) is 0 Å². The van der Waals surface area contributed by atoms with Gasteiger partial charge >= 0.3 is 0 Å². The number of hydrogen-bond acceptors (Lipinski definition) is 0. The van der Waals surface area contributed by atoms with Gasteiger partial charge in [-0.25, -0.2) is 0 Å². The Bertz CT molecular complexity index is 81.0. The monoisotopic (exact) mass is 196 g/mol. The molecule has 0 heterocycles. The number of rotatable bonds is 1. The van der Waals surface area contributed by atoms with E-state index >= 15 is 0 Å². The van der Waals surface area contributed by atoms with E-state index in [0.29, 0.717) is 0 Å². The number of hydrogen-bond donors (Lipinski definition) is 0. The highest BCUT2D eigenvalue weighted by Gasteiger charge is 2.08. The van der Waals surface area contributed by atoms with Crippen LogP contribution in [-0.4, -0.2) is 5.16 Å². The van der Waals surface area contributed by atoms with Gasteiger partial charge in [0.1, 0.15) is 0 Å². The van der Waals surface area contributed by atoms with E-state index in [1.807, 2.05) is 6.92 Å². The van der Waals surface area contributed by atoms with E-state index in [1.54, 1.807) is 0 Å². The molecular weight excluding hydrogens is 183 g/mol. The summed E-state index contributed by atoms with van der Waals surface area (Å²) < 4.78 is 0. The van der Waals surface area contributed by atoms with Gasteiger partial charge < -0.3 is 0 Å². The topological polar surface area (TPSA) is 0 Å². The third-order valence-corrected chi connectivity index (χ3v) is 1.59. The molecular formula is C6H14BrP. The van der Waals surface area contributed by atoms with E-state index in [0.717, 1.165) is 0 Å². The van der Waals surface area contributed by atoms with Gasteiger partial charge in [0.05, 0.1) is 0 Å². The van der Waals surface area contributed by atoms with Crippen molar-refractivity contribution < 1.29 is 0 Å². The van der Waals surface area contributed by atoms with Crippen molar-refractivity contribution in [1.82, 2.24) is 0 Å². The zero-order valence-corrected chi connectivity index (χ0v) is 8.56. The molecule has 0 aliphatic rings. The van der Waals surface area contributed by atoms with Crippen LogP contribution in [0.15, 0.2) is 12.2 Å². The summed E-state index contributed by atoms with van der Waals surface area (Å²) in [6.45, 7) is 10.1. The van der Waals surface area contributed by atoms with E-state index in [2.05, 4.69) is 29.7 Å². The molecule has 0 aromatic carbocycles.